The first-order valence-electron chi connectivity index (χ1n) is 3.06. The molecule has 0 radical (unpaired) electrons. The first kappa shape index (κ1) is 17.6. The molecule has 0 aromatic rings. The molecule has 0 aromatic heterocycles. The van der Waals surface area contributed by atoms with Gasteiger partial charge in [-0.3, -0.25) is 0 Å². The molecule has 6 heteroatoms. The summed E-state index contributed by atoms with van der Waals surface area (Å²) in [4.78, 5) is 0. The van der Waals surface area contributed by atoms with E-state index in [-0.39, 0.29) is 12.3 Å². The first-order valence-corrected chi connectivity index (χ1v) is 8.91. The van der Waals surface area contributed by atoms with E-state index < -0.39 is 17.9 Å². The maximum atomic E-state index is 4.81. The molecule has 10 N–H and O–H groups in total. The van der Waals surface area contributed by atoms with Crippen molar-refractivity contribution >= 4 is 36.5 Å². The van der Waals surface area contributed by atoms with Crippen molar-refractivity contribution < 1.29 is 0 Å². The van der Waals surface area contributed by atoms with Crippen LogP contribution in [-0.2, 0) is 0 Å². The Morgan fingerprint density at radius 2 is 1.36 bits per heavy atom. The van der Waals surface area contributed by atoms with Gasteiger partial charge in [0.15, 0.2) is 0 Å². The third kappa shape index (κ3) is 13.6. The Balaban J connectivity index is -0.000000116. The van der Waals surface area contributed by atoms with Crippen LogP contribution in [0, 0.1) is 0 Å². The average molecular weight is 274 g/mol. The number of rotatable bonds is 0. The van der Waals surface area contributed by atoms with Crippen LogP contribution in [0.25, 0.3) is 0 Å². The quantitative estimate of drug-likeness (QED) is 0.424. The molecule has 64 valence electrons. The Kier molecular flexibility index (Phi) is 21.1. The Hall–Kier alpha value is 0.593. The second-order valence-electron chi connectivity index (χ2n) is 1.86. The van der Waals surface area contributed by atoms with E-state index in [0.29, 0.717) is 0 Å². The summed E-state index contributed by atoms with van der Waals surface area (Å²) in [6.45, 7) is 0. The van der Waals surface area contributed by atoms with E-state index in [0.717, 1.165) is 23.1 Å². The molecule has 0 bridgehead atoms. The fourth-order valence-corrected chi connectivity index (χ4v) is 1.48. The minimum absolute atomic E-state index is 0. The molecule has 0 amide bonds. The summed E-state index contributed by atoms with van der Waals surface area (Å²) in [6, 6.07) is 0. The van der Waals surface area contributed by atoms with Crippen molar-refractivity contribution in [2.45, 2.75) is 4.47 Å². The van der Waals surface area contributed by atoms with Gasteiger partial charge >= 0.3 is 74.1 Å². The summed E-state index contributed by atoms with van der Waals surface area (Å²) >= 11 is 0.0938. The number of hydrogen-bond donors (Lipinski definition) is 4. The van der Waals surface area contributed by atoms with Crippen LogP contribution in [0.3, 0.4) is 0 Å². The van der Waals surface area contributed by atoms with Crippen LogP contribution in [0.15, 0.2) is 24.3 Å². The van der Waals surface area contributed by atoms with Crippen LogP contribution < -0.4 is 21.2 Å². The molecular weight excluding hydrogens is 256 g/mol. The summed E-state index contributed by atoms with van der Waals surface area (Å²) in [5.74, 6) is 0. The predicted octanol–water partition coefficient (Wildman–Crippen LogP) is -0.972. The summed E-state index contributed by atoms with van der Waals surface area (Å²) in [5.41, 5.74) is 0. The minimum atomic E-state index is -0.875. The molecule has 0 saturated carbocycles. The van der Waals surface area contributed by atoms with Gasteiger partial charge in [-0.25, -0.2) is 0 Å². The summed E-state index contributed by atoms with van der Waals surface area (Å²) in [7, 11) is 0. The van der Waals surface area contributed by atoms with E-state index in [9.17, 15) is 0 Å². The molecule has 0 spiro atoms. The second-order valence-corrected chi connectivity index (χ2v) is 5.65. The SMILES string of the molecule is N.N.[GaH2][CH]1C=CC=C1.[NH2][GaH][NH2]. The molecule has 0 aromatic carbocycles. The molecule has 0 fully saturated rings. The molecule has 0 unspecified atom stereocenters. The number of allylic oxidation sites excluding steroid dienone is 4. The van der Waals surface area contributed by atoms with Gasteiger partial charge in [-0.2, -0.15) is 0 Å². The van der Waals surface area contributed by atoms with Gasteiger partial charge in [0.25, 0.3) is 0 Å². The molecule has 1 aliphatic carbocycles. The fraction of sp³-hybridized carbons (Fsp3) is 0.200. The Morgan fingerprint density at radius 3 is 1.45 bits per heavy atom. The van der Waals surface area contributed by atoms with Gasteiger partial charge in [0.05, 0.1) is 0 Å². The molecule has 0 saturated heterocycles. The zero-order valence-corrected chi connectivity index (χ0v) is 14.3. The van der Waals surface area contributed by atoms with Crippen molar-refractivity contribution in [3.63, 3.8) is 0 Å². The van der Waals surface area contributed by atoms with Crippen molar-refractivity contribution in [2.75, 3.05) is 0 Å². The third-order valence-electron chi connectivity index (χ3n) is 0.940. The van der Waals surface area contributed by atoms with Gasteiger partial charge in [-0.1, -0.05) is 0 Å². The topological polar surface area (TPSA) is 122 Å². The molecule has 4 nitrogen and oxygen atoms in total. The molecule has 11 heavy (non-hydrogen) atoms. The van der Waals surface area contributed by atoms with Crippen molar-refractivity contribution in [3.8, 4) is 0 Å². The molecule has 1 aliphatic rings. The number of nitrogens with two attached hydrogens (primary N) is 2. The maximum absolute atomic E-state index is 4.81. The zero-order chi connectivity index (χ0) is 7.11. The first-order chi connectivity index (χ1) is 4.31. The van der Waals surface area contributed by atoms with Gasteiger partial charge < -0.3 is 12.3 Å². The van der Waals surface area contributed by atoms with Gasteiger partial charge in [-0.05, 0) is 0 Å². The van der Waals surface area contributed by atoms with E-state index in [1.165, 1.54) is 0 Å². The summed E-state index contributed by atoms with van der Waals surface area (Å²) < 4.78 is 10.5. The third-order valence-corrected chi connectivity index (χ3v) is 2.56. The van der Waals surface area contributed by atoms with E-state index in [2.05, 4.69) is 24.3 Å². The van der Waals surface area contributed by atoms with Gasteiger partial charge in [-0.15, -0.1) is 0 Å². The normalized spacial score (nSPS) is 12.2. The molecule has 1 rings (SSSR count). The molecule has 0 atom stereocenters. The van der Waals surface area contributed by atoms with Crippen LogP contribution in [-0.4, -0.2) is 36.5 Å². The van der Waals surface area contributed by atoms with E-state index in [1.54, 1.807) is 0 Å². The van der Waals surface area contributed by atoms with Crippen molar-refractivity contribution in [2.24, 2.45) is 8.88 Å². The van der Waals surface area contributed by atoms with Gasteiger partial charge in [0, 0.05) is 0 Å². The second kappa shape index (κ2) is 13.2. The van der Waals surface area contributed by atoms with Crippen LogP contribution in [0.1, 0.15) is 0 Å². The molecular formula is C5H18Ga2N4. The monoisotopic (exact) mass is 272 g/mol. The summed E-state index contributed by atoms with van der Waals surface area (Å²) in [5, 5.41) is 0. The predicted molar refractivity (Wildman–Crippen MR) is 56.1 cm³/mol. The Morgan fingerprint density at radius 1 is 1.09 bits per heavy atom. The summed E-state index contributed by atoms with van der Waals surface area (Å²) in [6.07, 6.45) is 8.74. The van der Waals surface area contributed by atoms with E-state index in [1.807, 2.05) is 0 Å². The molecule has 0 heterocycles. The van der Waals surface area contributed by atoms with Gasteiger partial charge in [0.1, 0.15) is 0 Å². The molecule has 0 aliphatic heterocycles. The fourth-order valence-electron chi connectivity index (χ4n) is 0.543. The average Bonchev–Trinajstić information content (AvgIpc) is 2.20. The standard InChI is InChI=1S/C5H5.2Ga.2H3N.2H2N.3H/c1-2-4-5-3-1;;;;;;;;;/h1-5H;;;2*1H3;2*1H2;;;/q;;+2;;;2*-1;;;. The van der Waals surface area contributed by atoms with Crippen LogP contribution in [0.5, 0.6) is 0 Å². The van der Waals surface area contributed by atoms with Crippen molar-refractivity contribution in [3.05, 3.63) is 24.3 Å². The number of hydrogen-bond acceptors (Lipinski definition) is 4. The van der Waals surface area contributed by atoms with Crippen LogP contribution in [0.2, 0.25) is 4.47 Å². The Bertz CT molecular complexity index is 103. The van der Waals surface area contributed by atoms with E-state index in [4.69, 9.17) is 8.88 Å². The Labute approximate surface area is 86.3 Å². The van der Waals surface area contributed by atoms with Crippen LogP contribution in [0.4, 0.5) is 0 Å². The van der Waals surface area contributed by atoms with Crippen molar-refractivity contribution in [1.29, 1.82) is 0 Å². The van der Waals surface area contributed by atoms with Crippen LogP contribution >= 0.6 is 0 Å². The zero-order valence-electron chi connectivity index (χ0n) is 7.16. The van der Waals surface area contributed by atoms with Gasteiger partial charge in [0.2, 0.25) is 0 Å². The van der Waals surface area contributed by atoms with Crippen molar-refractivity contribution in [1.82, 2.24) is 12.3 Å². The van der Waals surface area contributed by atoms with E-state index >= 15 is 0 Å².